The van der Waals surface area contributed by atoms with Crippen LogP contribution in [0.2, 0.25) is 0 Å². The fraction of sp³-hybridized carbons (Fsp3) is 1.00. The largest absolute Gasteiger partial charge is 0.393 e. The van der Waals surface area contributed by atoms with Gasteiger partial charge >= 0.3 is 0 Å². The molecule has 0 radical (unpaired) electrons. The minimum Gasteiger partial charge on any atom is -0.393 e. The van der Waals surface area contributed by atoms with Crippen molar-refractivity contribution in [3.63, 3.8) is 0 Å². The molecule has 3 atom stereocenters. The van der Waals surface area contributed by atoms with Crippen LogP contribution >= 0.6 is 11.8 Å². The molecule has 118 valence electrons. The van der Waals surface area contributed by atoms with Crippen LogP contribution in [-0.2, 0) is 4.74 Å². The molecule has 3 unspecified atom stereocenters. The van der Waals surface area contributed by atoms with Gasteiger partial charge in [0.05, 0.1) is 11.7 Å². The fourth-order valence-electron chi connectivity index (χ4n) is 3.92. The van der Waals surface area contributed by atoms with Gasteiger partial charge in [-0.25, -0.2) is 0 Å². The molecular weight excluding hydrogens is 268 g/mol. The average molecular weight is 301 g/mol. The number of hydrogen-bond donors (Lipinski definition) is 1. The van der Waals surface area contributed by atoms with Crippen LogP contribution in [0.25, 0.3) is 0 Å². The fourth-order valence-corrected chi connectivity index (χ4v) is 5.15. The van der Waals surface area contributed by atoms with E-state index in [9.17, 15) is 5.11 Å². The highest BCUT2D eigenvalue weighted by Gasteiger charge is 2.41. The van der Waals surface area contributed by atoms with Crippen molar-refractivity contribution in [2.45, 2.75) is 76.9 Å². The van der Waals surface area contributed by atoms with Gasteiger partial charge in [-0.2, -0.15) is 11.8 Å². The van der Waals surface area contributed by atoms with Gasteiger partial charge in [0, 0.05) is 6.61 Å². The van der Waals surface area contributed by atoms with Crippen molar-refractivity contribution in [2.75, 3.05) is 18.1 Å². The molecule has 2 rings (SSSR count). The van der Waals surface area contributed by atoms with Crippen LogP contribution < -0.4 is 0 Å². The summed E-state index contributed by atoms with van der Waals surface area (Å²) in [6, 6.07) is 0. The lowest BCUT2D eigenvalue weighted by atomic mass is 9.75. The molecule has 2 nitrogen and oxygen atoms in total. The summed E-state index contributed by atoms with van der Waals surface area (Å²) >= 11 is 2.05. The van der Waals surface area contributed by atoms with Gasteiger partial charge in [0.25, 0.3) is 0 Å². The van der Waals surface area contributed by atoms with Crippen LogP contribution in [0.15, 0.2) is 0 Å². The Balaban J connectivity index is 1.92. The van der Waals surface area contributed by atoms with Gasteiger partial charge in [-0.15, -0.1) is 0 Å². The molecule has 0 aromatic carbocycles. The number of aliphatic hydroxyl groups is 1. The third kappa shape index (κ3) is 4.14. The molecule has 0 aromatic rings. The summed E-state index contributed by atoms with van der Waals surface area (Å²) in [5.41, 5.74) is 0.109. The van der Waals surface area contributed by atoms with Crippen molar-refractivity contribution in [3.05, 3.63) is 0 Å². The molecule has 0 aromatic heterocycles. The summed E-state index contributed by atoms with van der Waals surface area (Å²) in [7, 11) is 0. The Morgan fingerprint density at radius 3 is 2.70 bits per heavy atom. The lowest BCUT2D eigenvalue weighted by Gasteiger charge is -2.45. The van der Waals surface area contributed by atoms with Gasteiger partial charge < -0.3 is 9.84 Å². The Labute approximate surface area is 129 Å². The van der Waals surface area contributed by atoms with Crippen molar-refractivity contribution in [3.8, 4) is 0 Å². The van der Waals surface area contributed by atoms with E-state index < -0.39 is 0 Å². The topological polar surface area (TPSA) is 29.5 Å². The van der Waals surface area contributed by atoms with Crippen molar-refractivity contribution >= 4 is 11.8 Å². The molecule has 0 aliphatic carbocycles. The van der Waals surface area contributed by atoms with E-state index in [2.05, 4.69) is 25.6 Å². The van der Waals surface area contributed by atoms with Crippen LogP contribution in [0.3, 0.4) is 0 Å². The summed E-state index contributed by atoms with van der Waals surface area (Å²) in [6.45, 7) is 5.33. The first-order chi connectivity index (χ1) is 9.71. The summed E-state index contributed by atoms with van der Waals surface area (Å²) in [5.74, 6) is 3.42. The van der Waals surface area contributed by atoms with Gasteiger partial charge in [0.2, 0.25) is 0 Å². The minimum absolute atomic E-state index is 0.109. The first-order valence-electron chi connectivity index (χ1n) is 8.60. The zero-order valence-corrected chi connectivity index (χ0v) is 14.1. The first kappa shape index (κ1) is 16.6. The summed E-state index contributed by atoms with van der Waals surface area (Å²) in [5, 5.41) is 10.8. The second-order valence-corrected chi connectivity index (χ2v) is 7.92. The van der Waals surface area contributed by atoms with E-state index in [-0.39, 0.29) is 11.7 Å². The third-order valence-electron chi connectivity index (χ3n) is 5.35. The van der Waals surface area contributed by atoms with Crippen molar-refractivity contribution < 1.29 is 9.84 Å². The average Bonchev–Trinajstić information content (AvgIpc) is 2.48. The molecule has 2 heterocycles. The van der Waals surface area contributed by atoms with E-state index in [1.165, 1.54) is 43.6 Å². The standard InChI is InChI=1S/C17H32O2S/c1-3-5-6-14(4-2)16(18)15-7-10-19-17(13-15)8-11-20-12-9-17/h14-16,18H,3-13H2,1-2H3. The SMILES string of the molecule is CCCCC(CC)C(O)C1CCOC2(CCSCC2)C1. The van der Waals surface area contributed by atoms with E-state index in [1.54, 1.807) is 0 Å². The number of thioether (sulfide) groups is 1. The van der Waals surface area contributed by atoms with E-state index in [0.29, 0.717) is 11.8 Å². The van der Waals surface area contributed by atoms with E-state index in [0.717, 1.165) is 25.9 Å². The highest BCUT2D eigenvalue weighted by Crippen LogP contribution is 2.42. The van der Waals surface area contributed by atoms with Crippen molar-refractivity contribution in [1.82, 2.24) is 0 Å². The number of aliphatic hydroxyl groups excluding tert-OH is 1. The lowest BCUT2D eigenvalue weighted by molar-refractivity contribution is -0.127. The maximum absolute atomic E-state index is 10.8. The first-order valence-corrected chi connectivity index (χ1v) is 9.76. The van der Waals surface area contributed by atoms with Gasteiger partial charge in [-0.3, -0.25) is 0 Å². The second kappa shape index (κ2) is 8.05. The maximum Gasteiger partial charge on any atom is 0.0701 e. The molecule has 2 saturated heterocycles. The van der Waals surface area contributed by atoms with Gasteiger partial charge in [-0.05, 0) is 55.4 Å². The number of hydrogen-bond acceptors (Lipinski definition) is 3. The van der Waals surface area contributed by atoms with Gasteiger partial charge in [-0.1, -0.05) is 33.1 Å². The van der Waals surface area contributed by atoms with Gasteiger partial charge in [0.15, 0.2) is 0 Å². The van der Waals surface area contributed by atoms with E-state index in [4.69, 9.17) is 4.74 Å². The van der Waals surface area contributed by atoms with Crippen LogP contribution in [0, 0.1) is 11.8 Å². The molecule has 20 heavy (non-hydrogen) atoms. The Bertz CT molecular complexity index is 271. The van der Waals surface area contributed by atoms with Crippen molar-refractivity contribution in [2.24, 2.45) is 11.8 Å². The molecule has 1 N–H and O–H groups in total. The van der Waals surface area contributed by atoms with Crippen LogP contribution in [0.1, 0.15) is 65.2 Å². The monoisotopic (exact) mass is 300 g/mol. The number of ether oxygens (including phenoxy) is 1. The number of unbranched alkanes of at least 4 members (excludes halogenated alkanes) is 1. The molecule has 1 spiro atoms. The zero-order valence-electron chi connectivity index (χ0n) is 13.3. The predicted molar refractivity (Wildman–Crippen MR) is 87.3 cm³/mol. The van der Waals surface area contributed by atoms with Crippen LogP contribution in [-0.4, -0.2) is 34.9 Å². The predicted octanol–water partition coefficient (Wildman–Crippen LogP) is 4.26. The quantitative estimate of drug-likeness (QED) is 0.795. The van der Waals surface area contributed by atoms with E-state index >= 15 is 0 Å². The van der Waals surface area contributed by atoms with Crippen LogP contribution in [0.5, 0.6) is 0 Å². The zero-order chi connectivity index (χ0) is 14.4. The molecule has 2 fully saturated rings. The molecule has 3 heteroatoms. The molecule has 0 saturated carbocycles. The highest BCUT2D eigenvalue weighted by atomic mass is 32.2. The molecule has 2 aliphatic rings. The highest BCUT2D eigenvalue weighted by molar-refractivity contribution is 7.99. The minimum atomic E-state index is -0.109. The smallest absolute Gasteiger partial charge is 0.0701 e. The molecule has 0 bridgehead atoms. The van der Waals surface area contributed by atoms with Crippen LogP contribution in [0.4, 0.5) is 0 Å². The van der Waals surface area contributed by atoms with E-state index in [1.807, 2.05) is 0 Å². The Hall–Kier alpha value is 0.270. The van der Waals surface area contributed by atoms with Crippen molar-refractivity contribution in [1.29, 1.82) is 0 Å². The van der Waals surface area contributed by atoms with Gasteiger partial charge in [0.1, 0.15) is 0 Å². The Morgan fingerprint density at radius 1 is 1.30 bits per heavy atom. The summed E-state index contributed by atoms with van der Waals surface area (Å²) < 4.78 is 6.16. The normalized spacial score (nSPS) is 29.2. The third-order valence-corrected chi connectivity index (χ3v) is 6.34. The number of rotatable bonds is 6. The maximum atomic E-state index is 10.8. The molecular formula is C17H32O2S. The summed E-state index contributed by atoms with van der Waals surface area (Å²) in [6.07, 6.45) is 9.20. The lowest BCUT2D eigenvalue weighted by Crippen LogP contribution is -2.46. The Morgan fingerprint density at radius 2 is 2.05 bits per heavy atom. The second-order valence-electron chi connectivity index (χ2n) is 6.70. The molecule has 2 aliphatic heterocycles. The summed E-state index contributed by atoms with van der Waals surface area (Å²) in [4.78, 5) is 0. The molecule has 0 amide bonds. The Kier molecular flexibility index (Phi) is 6.70.